The zero-order valence-corrected chi connectivity index (χ0v) is 27.6. The second kappa shape index (κ2) is 11.9. The van der Waals surface area contributed by atoms with Gasteiger partial charge in [0.2, 0.25) is 5.89 Å². The number of fused-ring (bicyclic) bond motifs is 6. The molecule has 0 fully saturated rings. The van der Waals surface area contributed by atoms with E-state index in [4.69, 9.17) is 9.40 Å². The van der Waals surface area contributed by atoms with Crippen molar-refractivity contribution in [2.75, 3.05) is 4.90 Å². The molecule has 4 heteroatoms. The summed E-state index contributed by atoms with van der Waals surface area (Å²) in [5.41, 5.74) is 11.6. The number of nitrogens with zero attached hydrogens (tertiary/aromatic N) is 3. The molecule has 0 unspecified atom stereocenters. The molecule has 0 atom stereocenters. The quantitative estimate of drug-likeness (QED) is 0.179. The summed E-state index contributed by atoms with van der Waals surface area (Å²) in [5, 5.41) is 4.54. The molecule has 51 heavy (non-hydrogen) atoms. The first-order chi connectivity index (χ1) is 25.3. The number of anilines is 3. The van der Waals surface area contributed by atoms with E-state index in [1.165, 1.54) is 27.4 Å². The smallest absolute Gasteiger partial charge is 0.227 e. The van der Waals surface area contributed by atoms with Gasteiger partial charge in [0.1, 0.15) is 5.52 Å². The molecule has 10 rings (SSSR count). The molecule has 240 valence electrons. The number of hydrogen-bond acceptors (Lipinski definition) is 3. The average Bonchev–Trinajstić information content (AvgIpc) is 3.79. The summed E-state index contributed by atoms with van der Waals surface area (Å²) in [5.74, 6) is 0.621. The molecule has 0 saturated carbocycles. The van der Waals surface area contributed by atoms with E-state index in [2.05, 4.69) is 167 Å². The number of oxazole rings is 1. The van der Waals surface area contributed by atoms with Gasteiger partial charge >= 0.3 is 0 Å². The fourth-order valence-electron chi connectivity index (χ4n) is 7.44. The molecule has 8 aromatic carbocycles. The SMILES string of the molecule is c1ccc(-c2ccc(N(c3ccc4c5ccccc5n(-c5ccccc5)c4c3)c3cccc4c3ccc3nc(-c5ccccc5)oc34)cc2)cc1. The van der Waals surface area contributed by atoms with Crippen molar-refractivity contribution >= 4 is 60.7 Å². The standard InChI is InChI=1S/C47H31N3O/c1-4-13-32(14-5-1)33-23-25-36(26-24-33)49(37-27-28-39-38-19-10-11-21-44(38)50(45(39)31-37)35-17-8-3-9-18-35)43-22-12-20-41-40(43)29-30-42-46(41)51-47(48-42)34-15-6-2-7-16-34/h1-31H. The summed E-state index contributed by atoms with van der Waals surface area (Å²) < 4.78 is 8.87. The van der Waals surface area contributed by atoms with Crippen molar-refractivity contribution in [1.82, 2.24) is 9.55 Å². The number of rotatable bonds is 6. The van der Waals surface area contributed by atoms with E-state index in [9.17, 15) is 0 Å². The summed E-state index contributed by atoms with van der Waals surface area (Å²) in [6.45, 7) is 0. The fraction of sp³-hybridized carbons (Fsp3) is 0. The Hall–Kier alpha value is -6.91. The Morgan fingerprint density at radius 2 is 1.04 bits per heavy atom. The van der Waals surface area contributed by atoms with Crippen LogP contribution < -0.4 is 4.90 Å². The highest BCUT2D eigenvalue weighted by Gasteiger charge is 2.21. The Bertz CT molecular complexity index is 2840. The Morgan fingerprint density at radius 1 is 0.431 bits per heavy atom. The van der Waals surface area contributed by atoms with Crippen LogP contribution in [0.3, 0.4) is 0 Å². The topological polar surface area (TPSA) is 34.2 Å². The third-order valence-electron chi connectivity index (χ3n) is 9.81. The van der Waals surface area contributed by atoms with Crippen LogP contribution in [0, 0.1) is 0 Å². The Kier molecular flexibility index (Phi) is 6.78. The van der Waals surface area contributed by atoms with Crippen LogP contribution in [0.15, 0.2) is 192 Å². The van der Waals surface area contributed by atoms with Gasteiger partial charge in [-0.3, -0.25) is 0 Å². The summed E-state index contributed by atoms with van der Waals surface area (Å²) >= 11 is 0. The van der Waals surface area contributed by atoms with Crippen LogP contribution in [-0.2, 0) is 0 Å². The van der Waals surface area contributed by atoms with Gasteiger partial charge in [-0.1, -0.05) is 115 Å². The van der Waals surface area contributed by atoms with Gasteiger partial charge in [0.05, 0.1) is 16.7 Å². The molecule has 0 spiro atoms. The third kappa shape index (κ3) is 4.88. The lowest BCUT2D eigenvalue weighted by atomic mass is 10.0. The molecule has 10 aromatic rings. The lowest BCUT2D eigenvalue weighted by molar-refractivity contribution is 0.623. The summed E-state index contributed by atoms with van der Waals surface area (Å²) in [6, 6.07) is 66.3. The molecule has 0 aliphatic heterocycles. The Morgan fingerprint density at radius 3 is 1.82 bits per heavy atom. The van der Waals surface area contributed by atoms with E-state index in [1.807, 2.05) is 30.3 Å². The van der Waals surface area contributed by atoms with Gasteiger partial charge in [-0.2, -0.15) is 0 Å². The van der Waals surface area contributed by atoms with Crippen LogP contribution in [0.2, 0.25) is 0 Å². The first kappa shape index (κ1) is 29.0. The van der Waals surface area contributed by atoms with Crippen molar-refractivity contribution in [1.29, 1.82) is 0 Å². The van der Waals surface area contributed by atoms with Crippen molar-refractivity contribution in [3.05, 3.63) is 188 Å². The van der Waals surface area contributed by atoms with Crippen molar-refractivity contribution in [2.45, 2.75) is 0 Å². The lowest BCUT2D eigenvalue weighted by Crippen LogP contribution is -2.10. The molecular formula is C47H31N3O. The van der Waals surface area contributed by atoms with Gasteiger partial charge in [0.25, 0.3) is 0 Å². The number of aromatic nitrogens is 2. The maximum absolute atomic E-state index is 6.50. The van der Waals surface area contributed by atoms with Crippen molar-refractivity contribution < 1.29 is 4.42 Å². The molecule has 2 heterocycles. The monoisotopic (exact) mass is 653 g/mol. The highest BCUT2D eigenvalue weighted by atomic mass is 16.3. The molecule has 0 N–H and O–H groups in total. The van der Waals surface area contributed by atoms with Gasteiger partial charge in [-0.15, -0.1) is 0 Å². The second-order valence-electron chi connectivity index (χ2n) is 12.8. The average molecular weight is 654 g/mol. The van der Waals surface area contributed by atoms with Gasteiger partial charge in [-0.25, -0.2) is 4.98 Å². The largest absolute Gasteiger partial charge is 0.435 e. The lowest BCUT2D eigenvalue weighted by Gasteiger charge is -2.27. The van der Waals surface area contributed by atoms with Gasteiger partial charge in [-0.05, 0) is 83.9 Å². The Labute approximate surface area is 295 Å². The maximum atomic E-state index is 6.50. The van der Waals surface area contributed by atoms with Crippen LogP contribution in [-0.4, -0.2) is 9.55 Å². The van der Waals surface area contributed by atoms with Crippen LogP contribution in [0.4, 0.5) is 17.1 Å². The van der Waals surface area contributed by atoms with E-state index < -0.39 is 0 Å². The van der Waals surface area contributed by atoms with E-state index in [0.717, 1.165) is 55.7 Å². The van der Waals surface area contributed by atoms with Crippen LogP contribution >= 0.6 is 0 Å². The molecule has 4 nitrogen and oxygen atoms in total. The molecule has 0 radical (unpaired) electrons. The molecule has 0 bridgehead atoms. The van der Waals surface area contributed by atoms with Crippen LogP contribution in [0.25, 0.3) is 71.9 Å². The minimum Gasteiger partial charge on any atom is -0.435 e. The number of para-hydroxylation sites is 2. The maximum Gasteiger partial charge on any atom is 0.227 e. The van der Waals surface area contributed by atoms with E-state index >= 15 is 0 Å². The first-order valence-corrected chi connectivity index (χ1v) is 17.2. The molecule has 2 aromatic heterocycles. The Balaban J connectivity index is 1.21. The zero-order valence-electron chi connectivity index (χ0n) is 27.6. The van der Waals surface area contributed by atoms with Gasteiger partial charge in [0.15, 0.2) is 5.58 Å². The fourth-order valence-corrected chi connectivity index (χ4v) is 7.44. The van der Waals surface area contributed by atoms with Crippen molar-refractivity contribution in [2.24, 2.45) is 0 Å². The van der Waals surface area contributed by atoms with Gasteiger partial charge in [0, 0.05) is 44.2 Å². The van der Waals surface area contributed by atoms with Gasteiger partial charge < -0.3 is 13.9 Å². The highest BCUT2D eigenvalue weighted by Crippen LogP contribution is 2.43. The van der Waals surface area contributed by atoms with E-state index in [0.29, 0.717) is 5.89 Å². The predicted octanol–water partition coefficient (Wildman–Crippen LogP) is 12.9. The normalized spacial score (nSPS) is 11.5. The minimum atomic E-state index is 0.621. The van der Waals surface area contributed by atoms with Crippen molar-refractivity contribution in [3.63, 3.8) is 0 Å². The molecule has 0 amide bonds. The predicted molar refractivity (Wildman–Crippen MR) is 211 cm³/mol. The number of benzene rings is 8. The second-order valence-corrected chi connectivity index (χ2v) is 12.8. The summed E-state index contributed by atoms with van der Waals surface area (Å²) in [4.78, 5) is 7.24. The molecule has 0 aliphatic carbocycles. The molecular weight excluding hydrogens is 623 g/mol. The first-order valence-electron chi connectivity index (χ1n) is 17.2. The minimum absolute atomic E-state index is 0.621. The summed E-state index contributed by atoms with van der Waals surface area (Å²) in [6.07, 6.45) is 0. The van der Waals surface area contributed by atoms with E-state index in [-0.39, 0.29) is 0 Å². The molecule has 0 aliphatic rings. The van der Waals surface area contributed by atoms with Crippen LogP contribution in [0.5, 0.6) is 0 Å². The summed E-state index contributed by atoms with van der Waals surface area (Å²) in [7, 11) is 0. The van der Waals surface area contributed by atoms with E-state index in [1.54, 1.807) is 0 Å². The molecule has 0 saturated heterocycles. The highest BCUT2D eigenvalue weighted by molar-refractivity contribution is 6.12. The van der Waals surface area contributed by atoms with Crippen LogP contribution in [0.1, 0.15) is 0 Å². The zero-order chi connectivity index (χ0) is 33.7. The third-order valence-corrected chi connectivity index (χ3v) is 9.81. The van der Waals surface area contributed by atoms with Crippen molar-refractivity contribution in [3.8, 4) is 28.3 Å². The number of hydrogen-bond donors (Lipinski definition) is 0.